The molecule has 0 aromatic heterocycles. The van der Waals surface area contributed by atoms with Crippen LogP contribution in [0, 0.1) is 5.41 Å². The van der Waals surface area contributed by atoms with E-state index in [2.05, 4.69) is 10.1 Å². The fourth-order valence-corrected chi connectivity index (χ4v) is 1.03. The molecule has 0 radical (unpaired) electrons. The molecule has 0 bridgehead atoms. The number of nitrogens with one attached hydrogen (secondary N) is 1. The Bertz CT molecular complexity index is 194. The maximum atomic E-state index is 11.3. The van der Waals surface area contributed by atoms with Crippen LogP contribution in [-0.2, 0) is 9.53 Å². The maximum absolute atomic E-state index is 11.3. The minimum atomic E-state index is -0.758. The van der Waals surface area contributed by atoms with Crippen LogP contribution in [0.15, 0.2) is 0 Å². The van der Waals surface area contributed by atoms with Gasteiger partial charge in [-0.2, -0.15) is 0 Å². The van der Waals surface area contributed by atoms with Gasteiger partial charge in [-0.3, -0.25) is 4.79 Å². The van der Waals surface area contributed by atoms with E-state index in [9.17, 15) is 9.90 Å². The van der Waals surface area contributed by atoms with Gasteiger partial charge in [0.1, 0.15) is 0 Å². The lowest BCUT2D eigenvalue weighted by atomic mass is 9.93. The highest BCUT2D eigenvalue weighted by molar-refractivity contribution is 5.76. The van der Waals surface area contributed by atoms with E-state index in [1.54, 1.807) is 27.7 Å². The van der Waals surface area contributed by atoms with E-state index in [1.165, 1.54) is 7.11 Å². The Labute approximate surface area is 85.6 Å². The van der Waals surface area contributed by atoms with Gasteiger partial charge in [0, 0.05) is 13.1 Å². The SMILES string of the molecule is COC(=O)C(C)(C)CNCC(C)(C)O. The van der Waals surface area contributed by atoms with Crippen molar-refractivity contribution in [2.45, 2.75) is 33.3 Å². The quantitative estimate of drug-likeness (QED) is 0.640. The zero-order valence-corrected chi connectivity index (χ0v) is 9.68. The zero-order chi connectivity index (χ0) is 11.4. The monoisotopic (exact) mass is 203 g/mol. The largest absolute Gasteiger partial charge is 0.469 e. The number of carbonyl (C=O) groups excluding carboxylic acids is 1. The number of aliphatic hydroxyl groups is 1. The van der Waals surface area contributed by atoms with Crippen LogP contribution in [0.25, 0.3) is 0 Å². The average molecular weight is 203 g/mol. The molecule has 2 N–H and O–H groups in total. The van der Waals surface area contributed by atoms with Crippen LogP contribution in [0.4, 0.5) is 0 Å². The number of ether oxygens (including phenoxy) is 1. The van der Waals surface area contributed by atoms with Crippen molar-refractivity contribution in [1.82, 2.24) is 5.32 Å². The molecule has 0 aliphatic carbocycles. The Morgan fingerprint density at radius 3 is 2.14 bits per heavy atom. The standard InChI is InChI=1S/C10H21NO3/c1-9(2,8(12)14-5)6-11-7-10(3,4)13/h11,13H,6-7H2,1-5H3. The molecule has 0 aliphatic heterocycles. The second-order valence-corrected chi connectivity index (χ2v) is 4.79. The molecule has 0 unspecified atom stereocenters. The molecule has 0 saturated carbocycles. The molecule has 0 rings (SSSR count). The second-order valence-electron chi connectivity index (χ2n) is 4.79. The van der Waals surface area contributed by atoms with Gasteiger partial charge < -0.3 is 15.2 Å². The van der Waals surface area contributed by atoms with Crippen LogP contribution < -0.4 is 5.32 Å². The number of hydrogen-bond acceptors (Lipinski definition) is 4. The molecule has 14 heavy (non-hydrogen) atoms. The summed E-state index contributed by atoms with van der Waals surface area (Å²) in [6, 6.07) is 0. The lowest BCUT2D eigenvalue weighted by molar-refractivity contribution is -0.150. The maximum Gasteiger partial charge on any atom is 0.312 e. The first-order valence-electron chi connectivity index (χ1n) is 4.70. The lowest BCUT2D eigenvalue weighted by Gasteiger charge is -2.24. The van der Waals surface area contributed by atoms with Crippen molar-refractivity contribution in [3.05, 3.63) is 0 Å². The van der Waals surface area contributed by atoms with Gasteiger partial charge >= 0.3 is 5.97 Å². The minimum absolute atomic E-state index is 0.249. The van der Waals surface area contributed by atoms with Crippen molar-refractivity contribution >= 4 is 5.97 Å². The van der Waals surface area contributed by atoms with Gasteiger partial charge in [0.05, 0.1) is 18.1 Å². The van der Waals surface area contributed by atoms with E-state index in [1.807, 2.05) is 0 Å². The lowest BCUT2D eigenvalue weighted by Crippen LogP contribution is -2.42. The number of methoxy groups -OCH3 is 1. The Kier molecular flexibility index (Phi) is 4.55. The van der Waals surface area contributed by atoms with Gasteiger partial charge in [-0.25, -0.2) is 0 Å². The molecule has 0 fully saturated rings. The normalized spacial score (nSPS) is 12.7. The predicted octanol–water partition coefficient (Wildman–Crippen LogP) is 0.546. The Morgan fingerprint density at radius 1 is 1.29 bits per heavy atom. The highest BCUT2D eigenvalue weighted by Gasteiger charge is 2.28. The third kappa shape index (κ3) is 5.19. The van der Waals surface area contributed by atoms with Gasteiger partial charge in [-0.1, -0.05) is 0 Å². The third-order valence-electron chi connectivity index (χ3n) is 1.86. The topological polar surface area (TPSA) is 58.6 Å². The highest BCUT2D eigenvalue weighted by Crippen LogP contribution is 2.15. The fraction of sp³-hybridized carbons (Fsp3) is 0.900. The minimum Gasteiger partial charge on any atom is -0.469 e. The summed E-state index contributed by atoms with van der Waals surface area (Å²) in [6.45, 7) is 7.97. The fourth-order valence-electron chi connectivity index (χ4n) is 1.03. The molecule has 0 aliphatic rings. The van der Waals surface area contributed by atoms with Gasteiger partial charge in [-0.15, -0.1) is 0 Å². The van der Waals surface area contributed by atoms with Crippen molar-refractivity contribution < 1.29 is 14.6 Å². The van der Waals surface area contributed by atoms with Crippen molar-refractivity contribution in [1.29, 1.82) is 0 Å². The first-order valence-corrected chi connectivity index (χ1v) is 4.70. The molecular formula is C10H21NO3. The molecule has 0 spiro atoms. The molecule has 0 atom stereocenters. The summed E-state index contributed by atoms with van der Waals surface area (Å²) in [5.74, 6) is -0.249. The molecule has 0 aromatic carbocycles. The van der Waals surface area contributed by atoms with E-state index in [0.29, 0.717) is 13.1 Å². The van der Waals surface area contributed by atoms with Crippen LogP contribution in [0.5, 0.6) is 0 Å². The summed E-state index contributed by atoms with van der Waals surface area (Å²) in [6.07, 6.45) is 0. The van der Waals surface area contributed by atoms with Crippen molar-refractivity contribution in [2.24, 2.45) is 5.41 Å². The van der Waals surface area contributed by atoms with Crippen LogP contribution in [0.3, 0.4) is 0 Å². The Balaban J connectivity index is 3.94. The van der Waals surface area contributed by atoms with E-state index in [-0.39, 0.29) is 5.97 Å². The summed E-state index contributed by atoms with van der Waals surface area (Å²) in [4.78, 5) is 11.3. The first-order chi connectivity index (χ1) is 6.19. The van der Waals surface area contributed by atoms with Crippen molar-refractivity contribution in [3.8, 4) is 0 Å². The number of esters is 1. The number of carbonyl (C=O) groups is 1. The zero-order valence-electron chi connectivity index (χ0n) is 9.68. The summed E-state index contributed by atoms with van der Waals surface area (Å²) >= 11 is 0. The number of hydrogen-bond donors (Lipinski definition) is 2. The molecule has 4 heteroatoms. The van der Waals surface area contributed by atoms with Crippen LogP contribution in [-0.4, -0.2) is 36.9 Å². The second kappa shape index (κ2) is 4.75. The van der Waals surface area contributed by atoms with E-state index < -0.39 is 11.0 Å². The molecule has 4 nitrogen and oxygen atoms in total. The van der Waals surface area contributed by atoms with Crippen LogP contribution in [0.2, 0.25) is 0 Å². The van der Waals surface area contributed by atoms with E-state index in [4.69, 9.17) is 0 Å². The van der Waals surface area contributed by atoms with E-state index in [0.717, 1.165) is 0 Å². The van der Waals surface area contributed by atoms with Gasteiger partial charge in [0.2, 0.25) is 0 Å². The molecule has 0 saturated heterocycles. The summed E-state index contributed by atoms with van der Waals surface area (Å²) in [7, 11) is 1.38. The molecule has 0 heterocycles. The molecule has 0 aromatic rings. The predicted molar refractivity (Wildman–Crippen MR) is 55.0 cm³/mol. The average Bonchev–Trinajstić information content (AvgIpc) is 2.00. The number of rotatable bonds is 5. The summed E-state index contributed by atoms with van der Waals surface area (Å²) < 4.78 is 4.66. The Morgan fingerprint density at radius 2 is 1.79 bits per heavy atom. The van der Waals surface area contributed by atoms with Gasteiger partial charge in [0.25, 0.3) is 0 Å². The molecular weight excluding hydrogens is 182 g/mol. The van der Waals surface area contributed by atoms with Crippen molar-refractivity contribution in [3.63, 3.8) is 0 Å². The van der Waals surface area contributed by atoms with E-state index >= 15 is 0 Å². The van der Waals surface area contributed by atoms with Crippen LogP contribution >= 0.6 is 0 Å². The third-order valence-corrected chi connectivity index (χ3v) is 1.86. The smallest absolute Gasteiger partial charge is 0.312 e. The highest BCUT2D eigenvalue weighted by atomic mass is 16.5. The Hall–Kier alpha value is -0.610. The van der Waals surface area contributed by atoms with Gasteiger partial charge in [0.15, 0.2) is 0 Å². The molecule has 84 valence electrons. The molecule has 0 amide bonds. The van der Waals surface area contributed by atoms with Crippen molar-refractivity contribution in [2.75, 3.05) is 20.2 Å². The first kappa shape index (κ1) is 13.4. The van der Waals surface area contributed by atoms with Crippen LogP contribution in [0.1, 0.15) is 27.7 Å². The van der Waals surface area contributed by atoms with Gasteiger partial charge in [-0.05, 0) is 27.7 Å². The summed E-state index contributed by atoms with van der Waals surface area (Å²) in [5.41, 5.74) is -1.31. The summed E-state index contributed by atoms with van der Waals surface area (Å²) in [5, 5.41) is 12.5.